The number of aryl methyl sites for hydroxylation is 1. The number of nitrogens with zero attached hydrogens (tertiary/aromatic N) is 1. The first-order valence-electron chi connectivity index (χ1n) is 6.56. The predicted molar refractivity (Wildman–Crippen MR) is 70.0 cm³/mol. The van der Waals surface area contributed by atoms with Gasteiger partial charge in [-0.1, -0.05) is 12.8 Å². The van der Waals surface area contributed by atoms with E-state index in [1.54, 1.807) is 0 Å². The van der Waals surface area contributed by atoms with Gasteiger partial charge in [-0.25, -0.2) is 0 Å². The van der Waals surface area contributed by atoms with Crippen molar-refractivity contribution in [2.24, 2.45) is 0 Å². The average molecular weight is 236 g/mol. The summed E-state index contributed by atoms with van der Waals surface area (Å²) in [6.07, 6.45) is 5.34. The molecule has 1 aromatic rings. The Kier molecular flexibility index (Phi) is 3.89. The molecule has 0 spiro atoms. The molecule has 0 saturated heterocycles. The van der Waals surface area contributed by atoms with E-state index in [0.29, 0.717) is 5.54 Å². The zero-order valence-electron chi connectivity index (χ0n) is 11.3. The predicted octanol–water partition coefficient (Wildman–Crippen LogP) is 2.55. The number of rotatable bonds is 5. The summed E-state index contributed by atoms with van der Waals surface area (Å²) in [4.78, 5) is 2.39. The minimum atomic E-state index is 0.363. The SMILES string of the molecule is Cc1ccc(CNCC2(N(C)C)CCCC2)o1. The maximum absolute atomic E-state index is 5.57. The van der Waals surface area contributed by atoms with Crippen LogP contribution in [0.2, 0.25) is 0 Å². The lowest BCUT2D eigenvalue weighted by molar-refractivity contribution is 0.152. The second-order valence-corrected chi connectivity index (χ2v) is 5.44. The Morgan fingerprint density at radius 3 is 2.53 bits per heavy atom. The van der Waals surface area contributed by atoms with Crippen LogP contribution in [-0.4, -0.2) is 31.1 Å². The van der Waals surface area contributed by atoms with E-state index in [0.717, 1.165) is 24.6 Å². The van der Waals surface area contributed by atoms with Crippen LogP contribution >= 0.6 is 0 Å². The number of furan rings is 1. The Bertz CT molecular complexity index is 351. The average Bonchev–Trinajstić information content (AvgIpc) is 2.89. The Balaban J connectivity index is 1.84. The van der Waals surface area contributed by atoms with Crippen molar-refractivity contribution >= 4 is 0 Å². The fourth-order valence-corrected chi connectivity index (χ4v) is 2.81. The molecule has 3 heteroatoms. The van der Waals surface area contributed by atoms with E-state index in [2.05, 4.69) is 30.4 Å². The van der Waals surface area contributed by atoms with Gasteiger partial charge < -0.3 is 14.6 Å². The number of likely N-dealkylation sites (N-methyl/N-ethyl adjacent to an activating group) is 1. The summed E-state index contributed by atoms with van der Waals surface area (Å²) in [6, 6.07) is 4.08. The van der Waals surface area contributed by atoms with Gasteiger partial charge in [-0.2, -0.15) is 0 Å². The van der Waals surface area contributed by atoms with Gasteiger partial charge in [0.1, 0.15) is 11.5 Å². The van der Waals surface area contributed by atoms with E-state index in [-0.39, 0.29) is 0 Å². The van der Waals surface area contributed by atoms with Gasteiger partial charge in [0.15, 0.2) is 0 Å². The van der Waals surface area contributed by atoms with Gasteiger partial charge in [0.05, 0.1) is 6.54 Å². The number of nitrogens with one attached hydrogen (secondary N) is 1. The fraction of sp³-hybridized carbons (Fsp3) is 0.714. The fourth-order valence-electron chi connectivity index (χ4n) is 2.81. The third-order valence-electron chi connectivity index (χ3n) is 4.03. The van der Waals surface area contributed by atoms with Crippen LogP contribution in [0.25, 0.3) is 0 Å². The minimum absolute atomic E-state index is 0.363. The molecule has 1 saturated carbocycles. The molecule has 0 radical (unpaired) electrons. The molecule has 17 heavy (non-hydrogen) atoms. The second-order valence-electron chi connectivity index (χ2n) is 5.44. The van der Waals surface area contributed by atoms with Gasteiger partial charge in [-0.15, -0.1) is 0 Å². The maximum Gasteiger partial charge on any atom is 0.117 e. The van der Waals surface area contributed by atoms with Crippen molar-refractivity contribution in [1.82, 2.24) is 10.2 Å². The summed E-state index contributed by atoms with van der Waals surface area (Å²) in [5.74, 6) is 2.03. The summed E-state index contributed by atoms with van der Waals surface area (Å²) >= 11 is 0. The van der Waals surface area contributed by atoms with Crippen molar-refractivity contribution in [1.29, 1.82) is 0 Å². The highest BCUT2D eigenvalue weighted by molar-refractivity contribution is 5.05. The highest BCUT2D eigenvalue weighted by atomic mass is 16.3. The molecule has 96 valence electrons. The highest BCUT2D eigenvalue weighted by Crippen LogP contribution is 2.33. The van der Waals surface area contributed by atoms with Crippen LogP contribution in [0.15, 0.2) is 16.5 Å². The van der Waals surface area contributed by atoms with E-state index in [4.69, 9.17) is 4.42 Å². The first-order chi connectivity index (χ1) is 8.12. The van der Waals surface area contributed by atoms with Crippen LogP contribution in [0.1, 0.15) is 37.2 Å². The molecule has 0 amide bonds. The summed E-state index contributed by atoms with van der Waals surface area (Å²) < 4.78 is 5.57. The number of hydrogen-bond donors (Lipinski definition) is 1. The van der Waals surface area contributed by atoms with Crippen LogP contribution in [-0.2, 0) is 6.54 Å². The topological polar surface area (TPSA) is 28.4 Å². The van der Waals surface area contributed by atoms with Gasteiger partial charge in [-0.05, 0) is 46.0 Å². The molecule has 3 nitrogen and oxygen atoms in total. The van der Waals surface area contributed by atoms with E-state index in [1.807, 2.05) is 13.0 Å². The summed E-state index contributed by atoms with van der Waals surface area (Å²) in [7, 11) is 4.40. The third kappa shape index (κ3) is 2.90. The molecular formula is C14H24N2O. The molecular weight excluding hydrogens is 212 g/mol. The molecule has 1 aliphatic carbocycles. The quantitative estimate of drug-likeness (QED) is 0.851. The van der Waals surface area contributed by atoms with Crippen molar-refractivity contribution in [3.05, 3.63) is 23.7 Å². The lowest BCUT2D eigenvalue weighted by Gasteiger charge is -2.36. The summed E-state index contributed by atoms with van der Waals surface area (Å²) in [6.45, 7) is 3.88. The second kappa shape index (κ2) is 5.23. The van der Waals surface area contributed by atoms with Gasteiger partial charge >= 0.3 is 0 Å². The molecule has 1 fully saturated rings. The molecule has 1 aromatic heterocycles. The molecule has 1 heterocycles. The molecule has 0 aliphatic heterocycles. The van der Waals surface area contributed by atoms with Crippen LogP contribution in [0.5, 0.6) is 0 Å². The van der Waals surface area contributed by atoms with Crippen LogP contribution in [0.4, 0.5) is 0 Å². The van der Waals surface area contributed by atoms with E-state index in [9.17, 15) is 0 Å². The van der Waals surface area contributed by atoms with E-state index in [1.165, 1.54) is 25.7 Å². The molecule has 0 bridgehead atoms. The lowest BCUT2D eigenvalue weighted by atomic mass is 9.96. The van der Waals surface area contributed by atoms with Crippen molar-refractivity contribution in [2.45, 2.75) is 44.7 Å². The van der Waals surface area contributed by atoms with Crippen molar-refractivity contribution in [3.8, 4) is 0 Å². The van der Waals surface area contributed by atoms with E-state index >= 15 is 0 Å². The minimum Gasteiger partial charge on any atom is -0.465 e. The standard InChI is InChI=1S/C14H24N2O/c1-12-6-7-13(17-12)10-15-11-14(16(2)3)8-4-5-9-14/h6-7,15H,4-5,8-11H2,1-3H3. The molecule has 0 unspecified atom stereocenters. The Labute approximate surface area is 104 Å². The van der Waals surface area contributed by atoms with Gasteiger partial charge in [0, 0.05) is 12.1 Å². The first kappa shape index (κ1) is 12.7. The summed E-state index contributed by atoms with van der Waals surface area (Å²) in [5.41, 5.74) is 0.363. The molecule has 2 rings (SSSR count). The normalized spacial score (nSPS) is 19.1. The van der Waals surface area contributed by atoms with Crippen molar-refractivity contribution < 1.29 is 4.42 Å². The van der Waals surface area contributed by atoms with Gasteiger partial charge in [0.2, 0.25) is 0 Å². The van der Waals surface area contributed by atoms with Crippen molar-refractivity contribution in [3.63, 3.8) is 0 Å². The zero-order valence-corrected chi connectivity index (χ0v) is 11.3. The Morgan fingerprint density at radius 2 is 2.00 bits per heavy atom. The Morgan fingerprint density at radius 1 is 1.29 bits per heavy atom. The first-order valence-corrected chi connectivity index (χ1v) is 6.56. The molecule has 0 aromatic carbocycles. The van der Waals surface area contributed by atoms with Crippen molar-refractivity contribution in [2.75, 3.05) is 20.6 Å². The van der Waals surface area contributed by atoms with Gasteiger partial charge in [-0.3, -0.25) is 0 Å². The molecule has 1 N–H and O–H groups in total. The largest absolute Gasteiger partial charge is 0.465 e. The molecule has 1 aliphatic rings. The zero-order chi connectivity index (χ0) is 12.3. The lowest BCUT2D eigenvalue weighted by Crippen LogP contribution is -2.49. The Hall–Kier alpha value is -0.800. The van der Waals surface area contributed by atoms with Crippen LogP contribution < -0.4 is 5.32 Å². The van der Waals surface area contributed by atoms with Crippen LogP contribution in [0, 0.1) is 6.92 Å². The smallest absolute Gasteiger partial charge is 0.117 e. The van der Waals surface area contributed by atoms with Gasteiger partial charge in [0.25, 0.3) is 0 Å². The number of hydrogen-bond acceptors (Lipinski definition) is 3. The maximum atomic E-state index is 5.57. The van der Waals surface area contributed by atoms with E-state index < -0.39 is 0 Å². The molecule has 0 atom stereocenters. The summed E-state index contributed by atoms with van der Waals surface area (Å²) in [5, 5.41) is 3.54. The third-order valence-corrected chi connectivity index (χ3v) is 4.03. The van der Waals surface area contributed by atoms with Crippen LogP contribution in [0.3, 0.4) is 0 Å². The highest BCUT2D eigenvalue weighted by Gasteiger charge is 2.35. The monoisotopic (exact) mass is 236 g/mol.